The average molecular weight is 455 g/mol. The molecule has 4 aromatic carbocycles. The van der Waals surface area contributed by atoms with Crippen LogP contribution in [-0.4, -0.2) is 13.7 Å². The Balaban J connectivity index is 1.24. The predicted octanol–water partition coefficient (Wildman–Crippen LogP) is 9.67. The normalized spacial score (nSPS) is 11.9. The van der Waals surface area contributed by atoms with Crippen molar-refractivity contribution in [3.8, 4) is 0 Å². The zero-order valence-corrected chi connectivity index (χ0v) is 20.6. The molecule has 1 aromatic heterocycles. The molecule has 5 aromatic rings. The Morgan fingerprint density at radius 1 is 0.576 bits per heavy atom. The van der Waals surface area contributed by atoms with Gasteiger partial charge in [0, 0.05) is 33.9 Å². The van der Waals surface area contributed by atoms with Crippen molar-refractivity contribution in [1.82, 2.24) is 0 Å². The maximum atomic E-state index is 5.12. The lowest BCUT2D eigenvalue weighted by Gasteiger charge is -2.06. The van der Waals surface area contributed by atoms with Crippen molar-refractivity contribution < 1.29 is 4.74 Å². The van der Waals surface area contributed by atoms with E-state index in [-0.39, 0.29) is 0 Å². The van der Waals surface area contributed by atoms with Crippen LogP contribution in [0.3, 0.4) is 0 Å². The molecule has 170 valence electrons. The molecule has 0 amide bonds. The number of aryl methyl sites for hydroxylation is 1. The van der Waals surface area contributed by atoms with Gasteiger partial charge < -0.3 is 4.74 Å². The van der Waals surface area contributed by atoms with E-state index in [0.29, 0.717) is 0 Å². The van der Waals surface area contributed by atoms with E-state index in [4.69, 9.17) is 4.74 Å². The number of benzene rings is 4. The molecule has 2 heteroatoms. The molecule has 0 unspecified atom stereocenters. The molecule has 0 radical (unpaired) electrons. The highest BCUT2D eigenvalue weighted by Crippen LogP contribution is 2.38. The average Bonchev–Trinajstić information content (AvgIpc) is 3.18. The minimum Gasteiger partial charge on any atom is -0.385 e. The number of methoxy groups -OCH3 is 1. The van der Waals surface area contributed by atoms with Crippen LogP contribution in [0.2, 0.25) is 0 Å². The summed E-state index contributed by atoms with van der Waals surface area (Å²) in [5.41, 5.74) is 1.48. The molecule has 0 aliphatic rings. The van der Waals surface area contributed by atoms with E-state index in [1.165, 1.54) is 105 Å². The quantitative estimate of drug-likeness (QED) is 0.180. The minimum absolute atomic E-state index is 0.914. The number of hydrogen-bond acceptors (Lipinski definition) is 2. The smallest absolute Gasteiger partial charge is 0.0462 e. The van der Waals surface area contributed by atoms with Crippen LogP contribution in [0.25, 0.3) is 41.7 Å². The first-order valence-electron chi connectivity index (χ1n) is 12.6. The molecule has 33 heavy (non-hydrogen) atoms. The molecule has 0 fully saturated rings. The number of thiophene rings is 1. The molecule has 0 saturated carbocycles. The molecule has 0 aliphatic carbocycles. The van der Waals surface area contributed by atoms with Gasteiger partial charge in [0.1, 0.15) is 0 Å². The Bertz CT molecular complexity index is 1360. The van der Waals surface area contributed by atoms with Gasteiger partial charge in [-0.3, -0.25) is 0 Å². The second-order valence-corrected chi connectivity index (χ2v) is 10.5. The zero-order chi connectivity index (χ0) is 22.5. The standard InChI is InChI=1S/C31H34OS/c1-32-17-11-7-5-3-2-4-6-8-12-23-15-16-26-22-31-29(20-27(26)18-23)28-19-24-13-9-10-14-25(24)21-30(28)33-31/h9-10,13-16,18-22H,2-8,11-12,17H2,1H3. The lowest BCUT2D eigenvalue weighted by Crippen LogP contribution is -1.89. The lowest BCUT2D eigenvalue weighted by molar-refractivity contribution is 0.192. The SMILES string of the molecule is COCCCCCCCCCCc1ccc2cc3sc4cc5ccccc5cc4c3cc2c1. The van der Waals surface area contributed by atoms with Gasteiger partial charge in [-0.2, -0.15) is 0 Å². The second kappa shape index (κ2) is 10.7. The van der Waals surface area contributed by atoms with Crippen molar-refractivity contribution in [3.05, 3.63) is 72.3 Å². The Morgan fingerprint density at radius 2 is 1.15 bits per heavy atom. The molecule has 1 heterocycles. The van der Waals surface area contributed by atoms with Crippen LogP contribution in [0.5, 0.6) is 0 Å². The van der Waals surface area contributed by atoms with Crippen LogP contribution in [0.4, 0.5) is 0 Å². The fourth-order valence-electron chi connectivity index (χ4n) is 5.05. The summed E-state index contributed by atoms with van der Waals surface area (Å²) in [4.78, 5) is 0. The van der Waals surface area contributed by atoms with Gasteiger partial charge in [0.05, 0.1) is 0 Å². The third-order valence-electron chi connectivity index (χ3n) is 6.92. The highest BCUT2D eigenvalue weighted by atomic mass is 32.1. The van der Waals surface area contributed by atoms with Crippen LogP contribution < -0.4 is 0 Å². The molecule has 0 N–H and O–H groups in total. The maximum absolute atomic E-state index is 5.12. The van der Waals surface area contributed by atoms with Gasteiger partial charge in [-0.1, -0.05) is 81.0 Å². The van der Waals surface area contributed by atoms with Crippen LogP contribution >= 0.6 is 11.3 Å². The van der Waals surface area contributed by atoms with E-state index < -0.39 is 0 Å². The molecule has 0 aliphatic heterocycles. The lowest BCUT2D eigenvalue weighted by atomic mass is 9.99. The fraction of sp³-hybridized carbons (Fsp3) is 0.355. The zero-order valence-electron chi connectivity index (χ0n) is 19.7. The summed E-state index contributed by atoms with van der Waals surface area (Å²) in [6.45, 7) is 0.914. The van der Waals surface area contributed by atoms with E-state index in [0.717, 1.165) is 6.61 Å². The number of rotatable bonds is 11. The van der Waals surface area contributed by atoms with Gasteiger partial charge in [-0.25, -0.2) is 0 Å². The molecular formula is C31H34OS. The van der Waals surface area contributed by atoms with E-state index >= 15 is 0 Å². The van der Waals surface area contributed by atoms with Crippen molar-refractivity contribution >= 4 is 53.1 Å². The summed E-state index contributed by atoms with van der Waals surface area (Å²) in [7, 11) is 1.79. The first kappa shape index (κ1) is 22.4. The van der Waals surface area contributed by atoms with Crippen molar-refractivity contribution in [2.45, 2.75) is 57.8 Å². The molecule has 0 saturated heterocycles. The van der Waals surface area contributed by atoms with Gasteiger partial charge in [-0.15, -0.1) is 11.3 Å². The van der Waals surface area contributed by atoms with E-state index in [2.05, 4.69) is 66.7 Å². The summed E-state index contributed by atoms with van der Waals surface area (Å²) < 4.78 is 7.90. The van der Waals surface area contributed by atoms with Gasteiger partial charge in [0.25, 0.3) is 0 Å². The third kappa shape index (κ3) is 5.23. The molecular weight excluding hydrogens is 420 g/mol. The van der Waals surface area contributed by atoms with Crippen LogP contribution in [0.15, 0.2) is 66.7 Å². The van der Waals surface area contributed by atoms with Gasteiger partial charge in [-0.05, 0) is 70.6 Å². The van der Waals surface area contributed by atoms with Crippen molar-refractivity contribution in [3.63, 3.8) is 0 Å². The van der Waals surface area contributed by atoms with Gasteiger partial charge in [0.15, 0.2) is 0 Å². The first-order valence-corrected chi connectivity index (χ1v) is 13.4. The fourth-order valence-corrected chi connectivity index (χ4v) is 6.21. The summed E-state index contributed by atoms with van der Waals surface area (Å²) in [5.74, 6) is 0. The number of hydrogen-bond donors (Lipinski definition) is 0. The highest BCUT2D eigenvalue weighted by Gasteiger charge is 2.09. The summed E-state index contributed by atoms with van der Waals surface area (Å²) in [6, 6.07) is 25.3. The summed E-state index contributed by atoms with van der Waals surface area (Å²) >= 11 is 1.92. The van der Waals surface area contributed by atoms with Crippen molar-refractivity contribution in [2.24, 2.45) is 0 Å². The molecule has 1 nitrogen and oxygen atoms in total. The van der Waals surface area contributed by atoms with E-state index in [9.17, 15) is 0 Å². The maximum Gasteiger partial charge on any atom is 0.0462 e. The largest absolute Gasteiger partial charge is 0.385 e. The predicted molar refractivity (Wildman–Crippen MR) is 147 cm³/mol. The third-order valence-corrected chi connectivity index (χ3v) is 8.04. The van der Waals surface area contributed by atoms with E-state index in [1.54, 1.807) is 7.11 Å². The summed E-state index contributed by atoms with van der Waals surface area (Å²) in [6.07, 6.45) is 11.8. The van der Waals surface area contributed by atoms with E-state index in [1.807, 2.05) is 11.3 Å². The number of unbranched alkanes of at least 4 members (excludes halogenated alkanes) is 7. The second-order valence-electron chi connectivity index (χ2n) is 9.40. The molecule has 0 bridgehead atoms. The number of fused-ring (bicyclic) bond motifs is 5. The van der Waals surface area contributed by atoms with Crippen molar-refractivity contribution in [1.29, 1.82) is 0 Å². The summed E-state index contributed by atoms with van der Waals surface area (Å²) in [5, 5.41) is 8.18. The Hall–Kier alpha value is -2.42. The minimum atomic E-state index is 0.914. The Labute approximate surface area is 201 Å². The number of ether oxygens (including phenoxy) is 1. The Kier molecular flexibility index (Phi) is 7.24. The van der Waals surface area contributed by atoms with Crippen LogP contribution in [0, 0.1) is 0 Å². The topological polar surface area (TPSA) is 9.23 Å². The van der Waals surface area contributed by atoms with Crippen LogP contribution in [-0.2, 0) is 11.2 Å². The van der Waals surface area contributed by atoms with Crippen molar-refractivity contribution in [2.75, 3.05) is 13.7 Å². The first-order chi connectivity index (χ1) is 16.3. The van der Waals surface area contributed by atoms with Gasteiger partial charge >= 0.3 is 0 Å². The van der Waals surface area contributed by atoms with Gasteiger partial charge in [0.2, 0.25) is 0 Å². The Morgan fingerprint density at radius 3 is 1.85 bits per heavy atom. The monoisotopic (exact) mass is 454 g/mol. The highest BCUT2D eigenvalue weighted by molar-refractivity contribution is 7.26. The molecule has 5 rings (SSSR count). The van der Waals surface area contributed by atoms with Crippen LogP contribution in [0.1, 0.15) is 56.9 Å². The molecule has 0 spiro atoms. The molecule has 0 atom stereocenters.